The maximum atomic E-state index is 12.6. The largest absolute Gasteiger partial charge is 0.395 e. The number of hydrogen-bond acceptors (Lipinski definition) is 17. The van der Waals surface area contributed by atoms with Crippen LogP contribution in [-0.2, 0) is 23.1 Å². The van der Waals surface area contributed by atoms with E-state index in [1.54, 1.807) is 58.3 Å². The molecule has 296 valence electrons. The SMILES string of the molecule is O=S(=O)(O)c1cc(Nc2nc(Cc3ccc(CO)cc3)nc(N(CCO)CCO)n2)ccc1/C=C/c1ccc(Nc2nc(Cl)nc(N(CCO)CCO)n2)cc1. The molecule has 5 aromatic rings. The molecular formula is C36H41ClN10O8S. The maximum absolute atomic E-state index is 12.6. The summed E-state index contributed by atoms with van der Waals surface area (Å²) in [6, 6.07) is 18.5. The normalized spacial score (nSPS) is 11.6. The lowest BCUT2D eigenvalue weighted by atomic mass is 10.1. The van der Waals surface area contributed by atoms with Crippen LogP contribution in [0.25, 0.3) is 12.2 Å². The molecule has 0 aliphatic heterocycles. The van der Waals surface area contributed by atoms with Gasteiger partial charge in [0.05, 0.1) is 33.0 Å². The Morgan fingerprint density at radius 3 is 1.73 bits per heavy atom. The molecule has 0 saturated heterocycles. The van der Waals surface area contributed by atoms with Crippen molar-refractivity contribution in [3.05, 3.63) is 100 Å². The molecule has 0 atom stereocenters. The minimum absolute atomic E-state index is 0.0550. The van der Waals surface area contributed by atoms with Gasteiger partial charge in [-0.25, -0.2) is 0 Å². The Hall–Kier alpha value is -5.38. The third kappa shape index (κ3) is 11.8. The molecule has 20 heteroatoms. The Morgan fingerprint density at radius 2 is 1.16 bits per heavy atom. The minimum atomic E-state index is -4.70. The van der Waals surface area contributed by atoms with E-state index < -0.39 is 10.1 Å². The van der Waals surface area contributed by atoms with Crippen molar-refractivity contribution in [2.24, 2.45) is 0 Å². The first-order valence-electron chi connectivity index (χ1n) is 17.2. The van der Waals surface area contributed by atoms with Crippen LogP contribution in [0, 0.1) is 0 Å². The summed E-state index contributed by atoms with van der Waals surface area (Å²) in [5.41, 5.74) is 3.32. The van der Waals surface area contributed by atoms with Crippen molar-refractivity contribution < 1.29 is 38.5 Å². The van der Waals surface area contributed by atoms with E-state index in [0.29, 0.717) is 17.1 Å². The van der Waals surface area contributed by atoms with Crippen molar-refractivity contribution in [2.75, 3.05) is 73.0 Å². The van der Waals surface area contributed by atoms with Gasteiger partial charge in [-0.05, 0) is 58.1 Å². The molecule has 0 unspecified atom stereocenters. The first kappa shape index (κ1) is 41.8. The zero-order valence-electron chi connectivity index (χ0n) is 29.9. The molecule has 8 N–H and O–H groups in total. The number of hydrogen-bond donors (Lipinski definition) is 8. The van der Waals surface area contributed by atoms with Crippen LogP contribution in [0.2, 0.25) is 5.28 Å². The summed E-state index contributed by atoms with van der Waals surface area (Å²) in [5, 5.41) is 53.3. The highest BCUT2D eigenvalue weighted by Crippen LogP contribution is 2.26. The van der Waals surface area contributed by atoms with Gasteiger partial charge >= 0.3 is 0 Å². The van der Waals surface area contributed by atoms with Gasteiger partial charge in [-0.2, -0.15) is 38.3 Å². The van der Waals surface area contributed by atoms with E-state index in [4.69, 9.17) is 11.6 Å². The lowest BCUT2D eigenvalue weighted by Gasteiger charge is -2.21. The number of nitrogens with zero attached hydrogens (tertiary/aromatic N) is 8. The number of benzene rings is 3. The number of halogens is 1. The summed E-state index contributed by atoms with van der Waals surface area (Å²) in [6.07, 6.45) is 3.48. The van der Waals surface area contributed by atoms with E-state index in [1.807, 2.05) is 12.1 Å². The van der Waals surface area contributed by atoms with Crippen LogP contribution < -0.4 is 20.4 Å². The third-order valence-electron chi connectivity index (χ3n) is 8.05. The number of anilines is 6. The Morgan fingerprint density at radius 1 is 0.625 bits per heavy atom. The Balaban J connectivity index is 1.36. The number of aliphatic hydroxyl groups excluding tert-OH is 5. The Kier molecular flexibility index (Phi) is 14.9. The quantitative estimate of drug-likeness (QED) is 0.0414. The van der Waals surface area contributed by atoms with Crippen molar-refractivity contribution in [1.29, 1.82) is 0 Å². The van der Waals surface area contributed by atoms with Gasteiger partial charge in [-0.3, -0.25) is 4.55 Å². The highest BCUT2D eigenvalue weighted by Gasteiger charge is 2.18. The van der Waals surface area contributed by atoms with Crippen LogP contribution in [0.5, 0.6) is 0 Å². The van der Waals surface area contributed by atoms with E-state index in [2.05, 4.69) is 40.5 Å². The molecule has 0 amide bonds. The van der Waals surface area contributed by atoms with E-state index in [1.165, 1.54) is 18.2 Å². The van der Waals surface area contributed by atoms with E-state index in [0.717, 1.165) is 11.1 Å². The molecule has 0 bridgehead atoms. The fraction of sp³-hybridized carbons (Fsp3) is 0.278. The average molecular weight is 809 g/mol. The zero-order chi connectivity index (χ0) is 40.1. The first-order valence-corrected chi connectivity index (χ1v) is 19.1. The van der Waals surface area contributed by atoms with Gasteiger partial charge in [0.2, 0.25) is 29.1 Å². The molecule has 2 aromatic heterocycles. The molecule has 18 nitrogen and oxygen atoms in total. The first-order chi connectivity index (χ1) is 27.0. The summed E-state index contributed by atoms with van der Waals surface area (Å²) in [4.78, 5) is 28.8. The third-order valence-corrected chi connectivity index (χ3v) is 9.13. The van der Waals surface area contributed by atoms with Crippen molar-refractivity contribution >= 4 is 69.0 Å². The second-order valence-corrected chi connectivity index (χ2v) is 13.8. The van der Waals surface area contributed by atoms with Gasteiger partial charge in [0.15, 0.2) is 0 Å². The molecule has 0 saturated carbocycles. The Labute approximate surface area is 327 Å². The standard InChI is InChI=1S/C36H41ClN10O8S/c37-32-42-34(45-36(43-32)47(15-19-50)16-20-51)38-28-10-6-24(7-11-28)5-8-27-9-12-29(22-30(27)56(53,54)55)39-33-40-31(21-25-1-3-26(23-52)4-2-25)41-35(44-33)46(13-17-48)14-18-49/h1-12,22,48-52H,13-21,23H2,(H,53,54,55)(H,38,42,43,45)(H,39,40,41,44)/b8-5+. The molecule has 0 aliphatic rings. The second kappa shape index (κ2) is 20.0. The van der Waals surface area contributed by atoms with Gasteiger partial charge in [0.25, 0.3) is 10.1 Å². The summed E-state index contributed by atoms with van der Waals surface area (Å²) < 4.78 is 35.3. The molecule has 0 aliphatic carbocycles. The summed E-state index contributed by atoms with van der Waals surface area (Å²) in [7, 11) is -4.70. The molecule has 0 radical (unpaired) electrons. The van der Waals surface area contributed by atoms with Gasteiger partial charge in [-0.1, -0.05) is 54.6 Å². The van der Waals surface area contributed by atoms with Crippen molar-refractivity contribution in [3.8, 4) is 0 Å². The van der Waals surface area contributed by atoms with Crippen LogP contribution in [0.4, 0.5) is 35.2 Å². The van der Waals surface area contributed by atoms with Gasteiger partial charge in [0.1, 0.15) is 10.7 Å². The molecule has 5 rings (SSSR count). The molecule has 3 aromatic carbocycles. The predicted molar refractivity (Wildman–Crippen MR) is 211 cm³/mol. The van der Waals surface area contributed by atoms with Gasteiger partial charge < -0.3 is 46.0 Å². The number of aromatic nitrogens is 6. The van der Waals surface area contributed by atoms with Crippen LogP contribution in [-0.4, -0.2) is 121 Å². The van der Waals surface area contributed by atoms with Crippen LogP contribution in [0.15, 0.2) is 71.6 Å². The lowest BCUT2D eigenvalue weighted by Crippen LogP contribution is -2.32. The van der Waals surface area contributed by atoms with Crippen LogP contribution in [0.3, 0.4) is 0 Å². The molecule has 0 fully saturated rings. The van der Waals surface area contributed by atoms with Crippen molar-refractivity contribution in [3.63, 3.8) is 0 Å². The van der Waals surface area contributed by atoms with E-state index >= 15 is 0 Å². The minimum Gasteiger partial charge on any atom is -0.395 e. The van der Waals surface area contributed by atoms with E-state index in [9.17, 15) is 38.5 Å². The van der Waals surface area contributed by atoms with E-state index in [-0.39, 0.29) is 111 Å². The summed E-state index contributed by atoms with van der Waals surface area (Å²) in [6.45, 7) is -0.291. The van der Waals surface area contributed by atoms with Gasteiger partial charge in [0, 0.05) is 44.0 Å². The number of aliphatic hydroxyl groups is 5. The fourth-order valence-electron chi connectivity index (χ4n) is 5.37. The second-order valence-electron chi connectivity index (χ2n) is 12.1. The zero-order valence-corrected chi connectivity index (χ0v) is 31.5. The molecule has 2 heterocycles. The van der Waals surface area contributed by atoms with Gasteiger partial charge in [-0.15, -0.1) is 0 Å². The highest BCUT2D eigenvalue weighted by atomic mass is 35.5. The summed E-state index contributed by atoms with van der Waals surface area (Å²) >= 11 is 6.10. The topological polar surface area (TPSA) is 263 Å². The van der Waals surface area contributed by atoms with Crippen LogP contribution >= 0.6 is 11.6 Å². The smallest absolute Gasteiger partial charge is 0.295 e. The lowest BCUT2D eigenvalue weighted by molar-refractivity contribution is 0.279. The Bertz CT molecular complexity index is 2190. The average Bonchev–Trinajstić information content (AvgIpc) is 3.17. The maximum Gasteiger partial charge on any atom is 0.295 e. The van der Waals surface area contributed by atoms with Crippen molar-refractivity contribution in [1.82, 2.24) is 29.9 Å². The fourth-order valence-corrected chi connectivity index (χ4v) is 6.23. The number of rotatable bonds is 20. The monoisotopic (exact) mass is 808 g/mol. The number of nitrogens with one attached hydrogen (secondary N) is 2. The van der Waals surface area contributed by atoms with Crippen LogP contribution in [0.1, 0.15) is 28.1 Å². The molecular weight excluding hydrogens is 768 g/mol. The molecule has 0 spiro atoms. The summed E-state index contributed by atoms with van der Waals surface area (Å²) in [5.74, 6) is 0.891. The van der Waals surface area contributed by atoms with Crippen molar-refractivity contribution in [2.45, 2.75) is 17.9 Å². The predicted octanol–water partition coefficient (Wildman–Crippen LogP) is 2.28. The highest BCUT2D eigenvalue weighted by molar-refractivity contribution is 7.86. The molecule has 56 heavy (non-hydrogen) atoms.